The monoisotopic (exact) mass is 840 g/mol. The van der Waals surface area contributed by atoms with Crippen molar-refractivity contribution in [1.82, 2.24) is 0 Å². The summed E-state index contributed by atoms with van der Waals surface area (Å²) in [5.41, 5.74) is 7.05. The van der Waals surface area contributed by atoms with Gasteiger partial charge in [-0.25, -0.2) is 0 Å². The molecule has 1 heterocycles. The van der Waals surface area contributed by atoms with E-state index < -0.39 is 30.5 Å². The molecular formula is C52H53ClO8. The molecule has 7 rings (SSSR count). The second kappa shape index (κ2) is 22.5. The van der Waals surface area contributed by atoms with Crippen LogP contribution in [0.3, 0.4) is 0 Å². The molecule has 0 bridgehead atoms. The van der Waals surface area contributed by atoms with Crippen LogP contribution in [0.2, 0.25) is 5.02 Å². The molecule has 61 heavy (non-hydrogen) atoms. The highest BCUT2D eigenvalue weighted by atomic mass is 35.5. The second-order valence-corrected chi connectivity index (χ2v) is 15.7. The van der Waals surface area contributed by atoms with E-state index >= 15 is 0 Å². The van der Waals surface area contributed by atoms with E-state index in [1.54, 1.807) is 6.92 Å². The third-order valence-electron chi connectivity index (χ3n) is 10.5. The number of hydrogen-bond acceptors (Lipinski definition) is 8. The van der Waals surface area contributed by atoms with Gasteiger partial charge in [0.15, 0.2) is 0 Å². The first-order chi connectivity index (χ1) is 29.9. The Balaban J connectivity index is 1.20. The molecule has 0 aromatic heterocycles. The van der Waals surface area contributed by atoms with E-state index in [0.29, 0.717) is 43.6 Å². The van der Waals surface area contributed by atoms with Crippen LogP contribution in [0.1, 0.15) is 58.9 Å². The quantitative estimate of drug-likeness (QED) is 0.0703. The van der Waals surface area contributed by atoms with Crippen molar-refractivity contribution in [2.75, 3.05) is 13.2 Å². The predicted molar refractivity (Wildman–Crippen MR) is 236 cm³/mol. The van der Waals surface area contributed by atoms with Gasteiger partial charge in [-0.15, -0.1) is 0 Å². The Morgan fingerprint density at radius 1 is 0.607 bits per heavy atom. The van der Waals surface area contributed by atoms with Crippen LogP contribution in [-0.2, 0) is 66.1 Å². The minimum Gasteiger partial charge on any atom is -0.490 e. The third kappa shape index (κ3) is 13.1. The van der Waals surface area contributed by atoms with Crippen molar-refractivity contribution in [2.24, 2.45) is 0 Å². The Labute approximate surface area is 364 Å². The molecule has 0 amide bonds. The van der Waals surface area contributed by atoms with Crippen LogP contribution in [0.5, 0.6) is 5.75 Å². The maximum atomic E-state index is 11.3. The summed E-state index contributed by atoms with van der Waals surface area (Å²) < 4.78 is 45.5. The lowest BCUT2D eigenvalue weighted by Crippen LogP contribution is -2.58. The van der Waals surface area contributed by atoms with Crippen LogP contribution in [0, 0.1) is 0 Å². The van der Waals surface area contributed by atoms with Crippen molar-refractivity contribution in [3.8, 4) is 5.75 Å². The maximum Gasteiger partial charge on any atom is 0.303 e. The van der Waals surface area contributed by atoms with Gasteiger partial charge in [0.1, 0.15) is 49.0 Å². The highest BCUT2D eigenvalue weighted by Crippen LogP contribution is 2.40. The second-order valence-electron chi connectivity index (χ2n) is 15.3. The van der Waals surface area contributed by atoms with Crippen molar-refractivity contribution >= 4 is 17.6 Å². The molecule has 1 saturated heterocycles. The van der Waals surface area contributed by atoms with Crippen LogP contribution >= 0.6 is 11.6 Å². The smallest absolute Gasteiger partial charge is 0.303 e. The zero-order chi connectivity index (χ0) is 42.2. The number of rotatable bonds is 20. The Morgan fingerprint density at radius 2 is 1.11 bits per heavy atom. The van der Waals surface area contributed by atoms with E-state index in [1.807, 2.05) is 109 Å². The van der Waals surface area contributed by atoms with Gasteiger partial charge in [-0.2, -0.15) is 0 Å². The van der Waals surface area contributed by atoms with E-state index in [9.17, 15) is 4.79 Å². The van der Waals surface area contributed by atoms with Crippen molar-refractivity contribution in [3.63, 3.8) is 0 Å². The standard InChI is InChI=1S/C52H53ClO8/c1-37(60-38(2)54)31-56-46-26-23-39(24-27-46)29-45-30-44(25-28-47(45)53)49-51(58-34-42-19-11-5-12-20-42)52(59-35-43-21-13-6-14-22-43)50(57-33-41-17-9-4-10-18-41)48(61-49)36-55-32-40-15-7-3-8-16-40/h3-28,30,37,48-52H,29,31-36H2,1-2H3/t37-,48+,49-,50+,51-,52-/m0/s1. The van der Waals surface area contributed by atoms with Crippen LogP contribution < -0.4 is 4.74 Å². The Bertz CT molecular complexity index is 2210. The summed E-state index contributed by atoms with van der Waals surface area (Å²) in [5.74, 6) is 0.347. The van der Waals surface area contributed by atoms with Crippen molar-refractivity contribution in [3.05, 3.63) is 208 Å². The number of carbonyl (C=O) groups is 1. The summed E-state index contributed by atoms with van der Waals surface area (Å²) in [6, 6.07) is 54.4. The normalized spacial score (nSPS) is 19.2. The van der Waals surface area contributed by atoms with Gasteiger partial charge in [0.2, 0.25) is 0 Å². The molecule has 1 aliphatic heterocycles. The van der Waals surface area contributed by atoms with Crippen LogP contribution in [-0.4, -0.2) is 49.7 Å². The fourth-order valence-electron chi connectivity index (χ4n) is 7.42. The molecule has 1 fully saturated rings. The van der Waals surface area contributed by atoms with E-state index in [1.165, 1.54) is 6.92 Å². The van der Waals surface area contributed by atoms with Gasteiger partial charge in [0.25, 0.3) is 0 Å². The SMILES string of the molecule is CC(=O)O[C@@H](C)COc1ccc(Cc2cc([C@@H]3O[C@H](COCc4ccccc4)[C@@H](OCc4ccccc4)[C@H](OCc4ccccc4)[C@H]3OCc3ccccc3)ccc2Cl)cc1. The van der Waals surface area contributed by atoms with Crippen molar-refractivity contribution < 1.29 is 38.0 Å². The summed E-state index contributed by atoms with van der Waals surface area (Å²) in [5, 5.41) is 0.639. The van der Waals surface area contributed by atoms with Crippen LogP contribution in [0.25, 0.3) is 0 Å². The van der Waals surface area contributed by atoms with Crippen LogP contribution in [0.15, 0.2) is 164 Å². The van der Waals surface area contributed by atoms with Crippen molar-refractivity contribution in [1.29, 1.82) is 0 Å². The summed E-state index contributed by atoms with van der Waals surface area (Å²) in [6.45, 7) is 5.16. The van der Waals surface area contributed by atoms with Gasteiger partial charge in [0.05, 0.1) is 33.0 Å². The number of ether oxygens (including phenoxy) is 7. The average Bonchev–Trinajstić information content (AvgIpc) is 3.29. The lowest BCUT2D eigenvalue weighted by atomic mass is 9.89. The highest BCUT2D eigenvalue weighted by molar-refractivity contribution is 6.31. The molecule has 0 unspecified atom stereocenters. The predicted octanol–water partition coefficient (Wildman–Crippen LogP) is 10.7. The molecule has 8 nitrogen and oxygen atoms in total. The molecule has 9 heteroatoms. The molecule has 6 aromatic rings. The van der Waals surface area contributed by atoms with Gasteiger partial charge < -0.3 is 33.2 Å². The van der Waals surface area contributed by atoms with Gasteiger partial charge in [-0.3, -0.25) is 4.79 Å². The number of esters is 1. The average molecular weight is 841 g/mol. The summed E-state index contributed by atoms with van der Waals surface area (Å²) >= 11 is 6.94. The van der Waals surface area contributed by atoms with E-state index in [4.69, 9.17) is 44.8 Å². The first-order valence-electron chi connectivity index (χ1n) is 20.8. The minimum atomic E-state index is -0.588. The molecule has 0 N–H and O–H groups in total. The number of halogens is 1. The molecular weight excluding hydrogens is 788 g/mol. The number of hydrogen-bond donors (Lipinski definition) is 0. The fourth-order valence-corrected chi connectivity index (χ4v) is 7.60. The van der Waals surface area contributed by atoms with E-state index in [-0.39, 0.29) is 25.3 Å². The molecule has 1 aliphatic rings. The molecule has 0 saturated carbocycles. The van der Waals surface area contributed by atoms with E-state index in [2.05, 4.69) is 54.6 Å². The summed E-state index contributed by atoms with van der Waals surface area (Å²) in [6.07, 6.45) is -2.59. The molecule has 6 aromatic carbocycles. The molecule has 6 atom stereocenters. The lowest BCUT2D eigenvalue weighted by Gasteiger charge is -2.46. The minimum absolute atomic E-state index is 0.258. The van der Waals surface area contributed by atoms with Crippen molar-refractivity contribution in [2.45, 2.75) is 83.3 Å². The fraction of sp³-hybridized carbons (Fsp3) is 0.288. The first kappa shape index (κ1) is 43.8. The topological polar surface area (TPSA) is 81.7 Å². The van der Waals surface area contributed by atoms with Gasteiger partial charge in [0, 0.05) is 11.9 Å². The van der Waals surface area contributed by atoms with Gasteiger partial charge in [-0.1, -0.05) is 157 Å². The third-order valence-corrected chi connectivity index (χ3v) is 10.8. The number of carbonyl (C=O) groups excluding carboxylic acids is 1. The summed E-state index contributed by atoms with van der Waals surface area (Å²) in [7, 11) is 0. The van der Waals surface area contributed by atoms with Crippen LogP contribution in [0.4, 0.5) is 0 Å². The Morgan fingerprint density at radius 3 is 1.66 bits per heavy atom. The zero-order valence-corrected chi connectivity index (χ0v) is 35.4. The first-order valence-corrected chi connectivity index (χ1v) is 21.2. The summed E-state index contributed by atoms with van der Waals surface area (Å²) in [4.78, 5) is 11.3. The largest absolute Gasteiger partial charge is 0.490 e. The number of benzene rings is 6. The zero-order valence-electron chi connectivity index (χ0n) is 34.6. The van der Waals surface area contributed by atoms with Gasteiger partial charge in [-0.05, 0) is 70.5 Å². The van der Waals surface area contributed by atoms with Gasteiger partial charge >= 0.3 is 5.97 Å². The molecule has 0 aliphatic carbocycles. The maximum absolute atomic E-state index is 11.3. The Kier molecular flexibility index (Phi) is 16.1. The molecule has 316 valence electrons. The van der Waals surface area contributed by atoms with E-state index in [0.717, 1.165) is 38.9 Å². The Hall–Kier alpha value is -5.32. The molecule has 0 radical (unpaired) electrons. The molecule has 0 spiro atoms. The lowest BCUT2D eigenvalue weighted by molar-refractivity contribution is -0.275. The highest BCUT2D eigenvalue weighted by Gasteiger charge is 2.49.